The Kier molecular flexibility index (Phi) is 10.0. The first-order chi connectivity index (χ1) is 17.0. The van der Waals surface area contributed by atoms with Gasteiger partial charge in [-0.3, -0.25) is 13.9 Å². The van der Waals surface area contributed by atoms with Gasteiger partial charge >= 0.3 is 0 Å². The fraction of sp³-hybridized carbons (Fsp3) is 0.462. The van der Waals surface area contributed by atoms with Gasteiger partial charge in [0.15, 0.2) is 0 Å². The van der Waals surface area contributed by atoms with E-state index in [-0.39, 0.29) is 43.8 Å². The maximum atomic E-state index is 13.4. The van der Waals surface area contributed by atoms with Gasteiger partial charge in [0, 0.05) is 35.6 Å². The van der Waals surface area contributed by atoms with E-state index in [4.69, 9.17) is 23.2 Å². The molecule has 1 unspecified atom stereocenters. The van der Waals surface area contributed by atoms with Gasteiger partial charge < -0.3 is 10.2 Å². The van der Waals surface area contributed by atoms with Crippen LogP contribution in [0.25, 0.3) is 0 Å². The van der Waals surface area contributed by atoms with Crippen molar-refractivity contribution in [3.05, 3.63) is 64.1 Å². The lowest BCUT2D eigenvalue weighted by Crippen LogP contribution is -2.49. The average Bonchev–Trinajstić information content (AvgIpc) is 3.33. The number of halogens is 2. The first-order valence-electron chi connectivity index (χ1n) is 12.1. The molecule has 1 aliphatic rings. The molecule has 7 nitrogen and oxygen atoms in total. The standard InChI is InChI=1S/C26H33Cl2N3O4S/c1-19(26(33)29-23-8-3-4-9-23)30(18-20-12-14-21(27)15-13-20)25(32)11-6-16-31(36(2,34)35)24-10-5-7-22(28)17-24/h5,7,10,12-15,17,19,23H,3-4,6,8-9,11,16,18H2,1-2H3,(H,29,33). The van der Waals surface area contributed by atoms with Gasteiger partial charge in [0.05, 0.1) is 11.9 Å². The predicted molar refractivity (Wildman–Crippen MR) is 145 cm³/mol. The first-order valence-corrected chi connectivity index (χ1v) is 14.7. The van der Waals surface area contributed by atoms with Crippen LogP contribution in [0.15, 0.2) is 48.5 Å². The van der Waals surface area contributed by atoms with Crippen LogP contribution in [-0.4, -0.2) is 50.0 Å². The molecule has 1 N–H and O–H groups in total. The summed E-state index contributed by atoms with van der Waals surface area (Å²) < 4.78 is 26.1. The maximum Gasteiger partial charge on any atom is 0.242 e. The van der Waals surface area contributed by atoms with Crippen LogP contribution in [0, 0.1) is 0 Å². The molecule has 2 aromatic carbocycles. The topological polar surface area (TPSA) is 86.8 Å². The molecular formula is C26H33Cl2N3O4S. The van der Waals surface area contributed by atoms with Gasteiger partial charge in [0.1, 0.15) is 6.04 Å². The Morgan fingerprint density at radius 3 is 2.33 bits per heavy atom. The number of rotatable bonds is 11. The minimum Gasteiger partial charge on any atom is -0.352 e. The molecule has 36 heavy (non-hydrogen) atoms. The number of anilines is 1. The second kappa shape index (κ2) is 12.8. The van der Waals surface area contributed by atoms with Crippen molar-refractivity contribution in [1.29, 1.82) is 0 Å². The van der Waals surface area contributed by atoms with Crippen LogP contribution in [0.1, 0.15) is 51.0 Å². The normalized spacial score (nSPS) is 14.9. The molecule has 0 heterocycles. The molecule has 0 aromatic heterocycles. The molecule has 2 aromatic rings. The fourth-order valence-corrected chi connectivity index (χ4v) is 5.66. The van der Waals surface area contributed by atoms with Crippen molar-refractivity contribution >= 4 is 50.7 Å². The summed E-state index contributed by atoms with van der Waals surface area (Å²) >= 11 is 12.1. The molecule has 1 atom stereocenters. The van der Waals surface area contributed by atoms with Crippen LogP contribution in [0.2, 0.25) is 10.0 Å². The number of hydrogen-bond acceptors (Lipinski definition) is 4. The van der Waals surface area contributed by atoms with E-state index in [0.717, 1.165) is 37.5 Å². The van der Waals surface area contributed by atoms with Gasteiger partial charge in [0.25, 0.3) is 0 Å². The van der Waals surface area contributed by atoms with Crippen LogP contribution >= 0.6 is 23.2 Å². The Morgan fingerprint density at radius 2 is 1.72 bits per heavy atom. The monoisotopic (exact) mass is 553 g/mol. The predicted octanol–water partition coefficient (Wildman–Crippen LogP) is 5.02. The van der Waals surface area contributed by atoms with Crippen LogP contribution in [0.5, 0.6) is 0 Å². The molecule has 10 heteroatoms. The number of carbonyl (C=O) groups is 2. The van der Waals surface area contributed by atoms with Gasteiger partial charge in [-0.1, -0.05) is 54.2 Å². The van der Waals surface area contributed by atoms with Crippen LogP contribution in [-0.2, 0) is 26.2 Å². The highest BCUT2D eigenvalue weighted by Crippen LogP contribution is 2.23. The Hall–Kier alpha value is -2.29. The van der Waals surface area contributed by atoms with E-state index in [2.05, 4.69) is 5.32 Å². The van der Waals surface area contributed by atoms with Gasteiger partial charge in [-0.15, -0.1) is 0 Å². The molecule has 0 spiro atoms. The quantitative estimate of drug-likeness (QED) is 0.423. The van der Waals surface area contributed by atoms with Crippen molar-refractivity contribution in [3.63, 3.8) is 0 Å². The number of sulfonamides is 1. The molecule has 2 amide bonds. The van der Waals surface area contributed by atoms with Crippen molar-refractivity contribution in [2.24, 2.45) is 0 Å². The molecule has 3 rings (SSSR count). The lowest BCUT2D eigenvalue weighted by molar-refractivity contribution is -0.141. The smallest absolute Gasteiger partial charge is 0.242 e. The molecule has 196 valence electrons. The third-order valence-electron chi connectivity index (χ3n) is 6.38. The first kappa shape index (κ1) is 28.3. The summed E-state index contributed by atoms with van der Waals surface area (Å²) in [6.45, 7) is 2.09. The number of hydrogen-bond donors (Lipinski definition) is 1. The summed E-state index contributed by atoms with van der Waals surface area (Å²) in [6, 6.07) is 13.2. The minimum atomic E-state index is -3.58. The van der Waals surface area contributed by atoms with Crippen molar-refractivity contribution < 1.29 is 18.0 Å². The summed E-state index contributed by atoms with van der Waals surface area (Å²) in [5.41, 5.74) is 1.30. The highest BCUT2D eigenvalue weighted by atomic mass is 35.5. The third kappa shape index (κ3) is 8.11. The van der Waals surface area contributed by atoms with Gasteiger partial charge in [-0.2, -0.15) is 0 Å². The fourth-order valence-electron chi connectivity index (χ4n) is 4.40. The van der Waals surface area contributed by atoms with Crippen molar-refractivity contribution in [3.8, 4) is 0 Å². The Morgan fingerprint density at radius 1 is 1.06 bits per heavy atom. The molecule has 0 aliphatic heterocycles. The molecule has 1 fully saturated rings. The van der Waals surface area contributed by atoms with Crippen LogP contribution < -0.4 is 9.62 Å². The van der Waals surface area contributed by atoms with Gasteiger partial charge in [-0.25, -0.2) is 8.42 Å². The van der Waals surface area contributed by atoms with E-state index in [1.807, 2.05) is 12.1 Å². The molecule has 1 aliphatic carbocycles. The number of amides is 2. The van der Waals surface area contributed by atoms with Gasteiger partial charge in [0.2, 0.25) is 21.8 Å². The van der Waals surface area contributed by atoms with Crippen molar-refractivity contribution in [2.45, 2.75) is 64.1 Å². The molecule has 0 radical (unpaired) electrons. The Balaban J connectivity index is 1.71. The number of carbonyl (C=O) groups excluding carboxylic acids is 2. The molecule has 0 bridgehead atoms. The van der Waals surface area contributed by atoms with Crippen molar-refractivity contribution in [2.75, 3.05) is 17.1 Å². The highest BCUT2D eigenvalue weighted by Gasteiger charge is 2.28. The van der Waals surface area contributed by atoms with E-state index in [9.17, 15) is 18.0 Å². The number of nitrogens with zero attached hydrogens (tertiary/aromatic N) is 2. The zero-order valence-corrected chi connectivity index (χ0v) is 23.0. The Bertz CT molecular complexity index is 1150. The summed E-state index contributed by atoms with van der Waals surface area (Å²) in [5.74, 6) is -0.403. The zero-order chi connectivity index (χ0) is 26.3. The summed E-state index contributed by atoms with van der Waals surface area (Å²) in [4.78, 5) is 27.9. The third-order valence-corrected chi connectivity index (χ3v) is 8.06. The summed E-state index contributed by atoms with van der Waals surface area (Å²) in [7, 11) is -3.58. The Labute approximate surface area is 223 Å². The lowest BCUT2D eigenvalue weighted by Gasteiger charge is -2.30. The minimum absolute atomic E-state index is 0.0845. The number of benzene rings is 2. The maximum absolute atomic E-state index is 13.4. The van der Waals surface area contributed by atoms with E-state index in [1.54, 1.807) is 48.2 Å². The molecule has 1 saturated carbocycles. The molecule has 0 saturated heterocycles. The zero-order valence-electron chi connectivity index (χ0n) is 20.6. The SMILES string of the molecule is CC(C(=O)NC1CCCC1)N(Cc1ccc(Cl)cc1)C(=O)CCCN(c1cccc(Cl)c1)S(C)(=O)=O. The summed E-state index contributed by atoms with van der Waals surface area (Å²) in [6.07, 6.45) is 5.58. The largest absolute Gasteiger partial charge is 0.352 e. The second-order valence-corrected chi connectivity index (χ2v) is 12.0. The highest BCUT2D eigenvalue weighted by molar-refractivity contribution is 7.92. The van der Waals surface area contributed by atoms with Crippen LogP contribution in [0.3, 0.4) is 0 Å². The molecular weight excluding hydrogens is 521 g/mol. The second-order valence-electron chi connectivity index (χ2n) is 9.23. The lowest BCUT2D eigenvalue weighted by atomic mass is 10.1. The number of nitrogens with one attached hydrogen (secondary N) is 1. The van der Waals surface area contributed by atoms with E-state index in [0.29, 0.717) is 15.7 Å². The van der Waals surface area contributed by atoms with E-state index < -0.39 is 16.1 Å². The van der Waals surface area contributed by atoms with Crippen LogP contribution in [0.4, 0.5) is 5.69 Å². The average molecular weight is 555 g/mol. The summed E-state index contributed by atoms with van der Waals surface area (Å²) in [5, 5.41) is 4.09. The van der Waals surface area contributed by atoms with E-state index in [1.165, 1.54) is 4.31 Å². The van der Waals surface area contributed by atoms with E-state index >= 15 is 0 Å². The van der Waals surface area contributed by atoms with Gasteiger partial charge in [-0.05, 0) is 62.1 Å². The van der Waals surface area contributed by atoms with Crippen molar-refractivity contribution in [1.82, 2.24) is 10.2 Å².